The predicted molar refractivity (Wildman–Crippen MR) is 82.9 cm³/mol. The fourth-order valence-electron chi connectivity index (χ4n) is 3.14. The van der Waals surface area contributed by atoms with Crippen LogP contribution in [0.4, 0.5) is 5.69 Å². The molecule has 0 saturated heterocycles. The Morgan fingerprint density at radius 3 is 2.95 bits per heavy atom. The van der Waals surface area contributed by atoms with Crippen molar-refractivity contribution in [2.45, 2.75) is 20.3 Å². The Hall–Kier alpha value is -2.62. The molecule has 1 amide bonds. The maximum absolute atomic E-state index is 11.6. The average Bonchev–Trinajstić information content (AvgIpc) is 2.97. The lowest BCUT2D eigenvalue weighted by atomic mass is 10.1. The largest absolute Gasteiger partial charge is 0.325 e. The van der Waals surface area contributed by atoms with Crippen LogP contribution in [-0.2, 0) is 11.2 Å². The first kappa shape index (κ1) is 12.1. The van der Waals surface area contributed by atoms with Crippen LogP contribution in [0.15, 0.2) is 36.5 Å². The normalized spacial score (nSPS) is 13.5. The minimum atomic E-state index is 0.0671. The van der Waals surface area contributed by atoms with Crippen LogP contribution in [0.25, 0.3) is 16.7 Å². The summed E-state index contributed by atoms with van der Waals surface area (Å²) >= 11 is 0. The number of anilines is 1. The number of benzene rings is 1. The minimum absolute atomic E-state index is 0.0671. The molecule has 4 heteroatoms. The van der Waals surface area contributed by atoms with Crippen molar-refractivity contribution < 1.29 is 4.79 Å². The summed E-state index contributed by atoms with van der Waals surface area (Å²) in [5, 5.41) is 4.05. The SMILES string of the molecule is Cc1cc(-n2c(C)cc3cccnc32)cc2c1NC(=O)C2. The number of aryl methyl sites for hydroxylation is 2. The third-order valence-electron chi connectivity index (χ3n) is 4.02. The first-order valence-corrected chi connectivity index (χ1v) is 7.00. The van der Waals surface area contributed by atoms with Crippen molar-refractivity contribution in [2.24, 2.45) is 0 Å². The number of aromatic nitrogens is 2. The summed E-state index contributed by atoms with van der Waals surface area (Å²) in [4.78, 5) is 16.1. The molecule has 3 heterocycles. The molecule has 0 unspecified atom stereocenters. The van der Waals surface area contributed by atoms with Gasteiger partial charge in [-0.25, -0.2) is 4.98 Å². The van der Waals surface area contributed by atoms with Crippen LogP contribution in [0.3, 0.4) is 0 Å². The fourth-order valence-corrected chi connectivity index (χ4v) is 3.14. The Labute approximate surface area is 122 Å². The lowest BCUT2D eigenvalue weighted by Crippen LogP contribution is -2.04. The van der Waals surface area contributed by atoms with Crippen molar-refractivity contribution in [2.75, 3.05) is 5.32 Å². The molecule has 4 nitrogen and oxygen atoms in total. The molecule has 0 aliphatic carbocycles. The summed E-state index contributed by atoms with van der Waals surface area (Å²) in [6, 6.07) is 10.3. The molecule has 104 valence electrons. The van der Waals surface area contributed by atoms with Gasteiger partial charge in [-0.3, -0.25) is 9.36 Å². The fraction of sp³-hybridized carbons (Fsp3) is 0.176. The molecular formula is C17H15N3O. The van der Waals surface area contributed by atoms with Crippen LogP contribution in [0.5, 0.6) is 0 Å². The van der Waals surface area contributed by atoms with E-state index in [-0.39, 0.29) is 5.91 Å². The maximum Gasteiger partial charge on any atom is 0.228 e. The van der Waals surface area contributed by atoms with Gasteiger partial charge in [0.2, 0.25) is 5.91 Å². The van der Waals surface area contributed by atoms with Crippen molar-refractivity contribution in [1.29, 1.82) is 0 Å². The summed E-state index contributed by atoms with van der Waals surface area (Å²) < 4.78 is 2.14. The number of nitrogens with zero attached hydrogens (tertiary/aromatic N) is 2. The molecule has 0 atom stereocenters. The quantitative estimate of drug-likeness (QED) is 0.742. The van der Waals surface area contributed by atoms with Gasteiger partial charge in [-0.05, 0) is 55.3 Å². The number of pyridine rings is 1. The Morgan fingerprint density at radius 2 is 2.10 bits per heavy atom. The van der Waals surface area contributed by atoms with Gasteiger partial charge in [-0.15, -0.1) is 0 Å². The third-order valence-corrected chi connectivity index (χ3v) is 4.02. The Kier molecular flexibility index (Phi) is 2.42. The molecule has 1 aliphatic heterocycles. The van der Waals surface area contributed by atoms with Crippen LogP contribution < -0.4 is 5.32 Å². The zero-order valence-corrected chi connectivity index (χ0v) is 12.0. The number of nitrogens with one attached hydrogen (secondary N) is 1. The molecule has 0 spiro atoms. The molecule has 21 heavy (non-hydrogen) atoms. The van der Waals surface area contributed by atoms with E-state index in [1.165, 1.54) is 0 Å². The standard InChI is InChI=1S/C17H15N3O/c1-10-6-14(8-13-9-15(21)19-16(10)13)20-11(2)7-12-4-3-5-18-17(12)20/h3-8H,9H2,1-2H3,(H,19,21). The van der Waals surface area contributed by atoms with Gasteiger partial charge < -0.3 is 5.32 Å². The molecule has 1 aromatic carbocycles. The highest BCUT2D eigenvalue weighted by molar-refractivity contribution is 6.00. The van der Waals surface area contributed by atoms with Crippen molar-refractivity contribution in [3.63, 3.8) is 0 Å². The molecule has 1 N–H and O–H groups in total. The summed E-state index contributed by atoms with van der Waals surface area (Å²) in [6.45, 7) is 4.11. The zero-order chi connectivity index (χ0) is 14.6. The maximum atomic E-state index is 11.6. The summed E-state index contributed by atoms with van der Waals surface area (Å²) in [5.74, 6) is 0.0671. The first-order valence-electron chi connectivity index (χ1n) is 7.00. The summed E-state index contributed by atoms with van der Waals surface area (Å²) in [6.07, 6.45) is 2.26. The van der Waals surface area contributed by atoms with Crippen LogP contribution in [0.1, 0.15) is 16.8 Å². The van der Waals surface area contributed by atoms with E-state index < -0.39 is 0 Å². The van der Waals surface area contributed by atoms with Crippen LogP contribution in [0, 0.1) is 13.8 Å². The van der Waals surface area contributed by atoms with Crippen LogP contribution in [-0.4, -0.2) is 15.5 Å². The van der Waals surface area contributed by atoms with E-state index >= 15 is 0 Å². The Bertz CT molecular complexity index is 892. The lowest BCUT2D eigenvalue weighted by molar-refractivity contribution is -0.115. The summed E-state index contributed by atoms with van der Waals surface area (Å²) in [5.41, 5.74) is 6.27. The van der Waals surface area contributed by atoms with Crippen molar-refractivity contribution in [1.82, 2.24) is 9.55 Å². The zero-order valence-electron chi connectivity index (χ0n) is 12.0. The Morgan fingerprint density at radius 1 is 1.24 bits per heavy atom. The second-order valence-electron chi connectivity index (χ2n) is 5.56. The number of rotatable bonds is 1. The smallest absolute Gasteiger partial charge is 0.228 e. The Balaban J connectivity index is 1.98. The molecule has 1 aliphatic rings. The number of carbonyl (C=O) groups is 1. The highest BCUT2D eigenvalue weighted by Crippen LogP contribution is 2.31. The topological polar surface area (TPSA) is 46.9 Å². The van der Waals surface area contributed by atoms with Crippen LogP contribution in [0.2, 0.25) is 0 Å². The monoisotopic (exact) mass is 277 g/mol. The van der Waals surface area contributed by atoms with Gasteiger partial charge in [0.15, 0.2) is 0 Å². The minimum Gasteiger partial charge on any atom is -0.325 e. The molecule has 0 fully saturated rings. The molecule has 0 bridgehead atoms. The van der Waals surface area contributed by atoms with Crippen molar-refractivity contribution in [3.8, 4) is 5.69 Å². The second-order valence-corrected chi connectivity index (χ2v) is 5.56. The van der Waals surface area contributed by atoms with Gasteiger partial charge in [0, 0.05) is 28.7 Å². The number of hydrogen-bond donors (Lipinski definition) is 1. The van der Waals surface area contributed by atoms with E-state index in [1.54, 1.807) is 0 Å². The van der Waals surface area contributed by atoms with Gasteiger partial charge in [0.1, 0.15) is 5.65 Å². The van der Waals surface area contributed by atoms with Gasteiger partial charge in [0.05, 0.1) is 6.42 Å². The lowest BCUT2D eigenvalue weighted by Gasteiger charge is -2.12. The molecule has 3 aromatic rings. The van der Waals surface area contributed by atoms with Gasteiger partial charge in [-0.2, -0.15) is 0 Å². The number of amides is 1. The van der Waals surface area contributed by atoms with Gasteiger partial charge in [-0.1, -0.05) is 0 Å². The van der Waals surface area contributed by atoms with E-state index in [1.807, 2.05) is 19.2 Å². The summed E-state index contributed by atoms with van der Waals surface area (Å²) in [7, 11) is 0. The molecule has 0 saturated carbocycles. The molecular weight excluding hydrogens is 262 g/mol. The van der Waals surface area contributed by atoms with E-state index in [2.05, 4.69) is 46.1 Å². The highest BCUT2D eigenvalue weighted by atomic mass is 16.1. The van der Waals surface area contributed by atoms with Crippen molar-refractivity contribution in [3.05, 3.63) is 53.3 Å². The molecule has 2 aromatic heterocycles. The van der Waals surface area contributed by atoms with Gasteiger partial charge in [0.25, 0.3) is 0 Å². The van der Waals surface area contributed by atoms with E-state index in [4.69, 9.17) is 0 Å². The van der Waals surface area contributed by atoms with Gasteiger partial charge >= 0.3 is 0 Å². The highest BCUT2D eigenvalue weighted by Gasteiger charge is 2.21. The first-order chi connectivity index (χ1) is 10.1. The molecule has 4 rings (SSSR count). The number of fused-ring (bicyclic) bond motifs is 2. The third kappa shape index (κ3) is 1.76. The molecule has 0 radical (unpaired) electrons. The van der Waals surface area contributed by atoms with Crippen molar-refractivity contribution >= 4 is 22.6 Å². The predicted octanol–water partition coefficient (Wildman–Crippen LogP) is 3.14. The number of carbonyl (C=O) groups excluding carboxylic acids is 1. The van der Waals surface area contributed by atoms with Crippen LogP contribution >= 0.6 is 0 Å². The van der Waals surface area contributed by atoms with E-state index in [0.717, 1.165) is 39.2 Å². The average molecular weight is 277 g/mol. The van der Waals surface area contributed by atoms with E-state index in [0.29, 0.717) is 6.42 Å². The number of hydrogen-bond acceptors (Lipinski definition) is 2. The van der Waals surface area contributed by atoms with E-state index in [9.17, 15) is 4.79 Å². The second kappa shape index (κ2) is 4.19.